The molecule has 5 N–H and O–H groups in total. The van der Waals surface area contributed by atoms with Crippen LogP contribution in [0.4, 0.5) is 13.2 Å². The fourth-order valence-electron chi connectivity index (χ4n) is 1.87. The number of benzene rings is 2. The predicted octanol–water partition coefficient (Wildman–Crippen LogP) is 1.26. The molecule has 0 heterocycles. The molecule has 0 aliphatic carbocycles. The van der Waals surface area contributed by atoms with Crippen LogP contribution >= 0.6 is 13.5 Å². The van der Waals surface area contributed by atoms with E-state index in [1.807, 2.05) is 0 Å². The maximum atomic E-state index is 12.9. The van der Waals surface area contributed by atoms with Gasteiger partial charge in [-0.1, -0.05) is 12.1 Å². The number of methoxy groups -OCH3 is 1. The fourth-order valence-corrected chi connectivity index (χ4v) is 3.02. The van der Waals surface area contributed by atoms with Crippen molar-refractivity contribution in [1.82, 2.24) is 0 Å². The van der Waals surface area contributed by atoms with E-state index in [9.17, 15) is 21.6 Å². The molecule has 0 bridgehead atoms. The van der Waals surface area contributed by atoms with E-state index in [-0.39, 0.29) is 19.2 Å². The summed E-state index contributed by atoms with van der Waals surface area (Å²) in [6.45, 7) is -1.21. The highest BCUT2D eigenvalue weighted by Crippen LogP contribution is 2.35. The first-order valence-electron chi connectivity index (χ1n) is 8.28. The van der Waals surface area contributed by atoms with Gasteiger partial charge in [-0.15, -0.1) is 0 Å². The van der Waals surface area contributed by atoms with Gasteiger partial charge in [0.2, 0.25) is 0 Å². The minimum Gasteiger partial charge on any atom is -0.497 e. The van der Waals surface area contributed by atoms with Gasteiger partial charge in [0, 0.05) is 0 Å². The van der Waals surface area contributed by atoms with Crippen molar-refractivity contribution < 1.29 is 45.8 Å². The van der Waals surface area contributed by atoms with Crippen LogP contribution in [0.15, 0.2) is 53.4 Å². The van der Waals surface area contributed by atoms with Gasteiger partial charge in [-0.3, -0.25) is 0 Å². The number of hydrogen-bond donors (Lipinski definition) is 4. The first-order valence-corrected chi connectivity index (χ1v) is 9.69. The van der Waals surface area contributed by atoms with Gasteiger partial charge in [0.05, 0.1) is 38.0 Å². The average Bonchev–Trinajstić information content (AvgIpc) is 2.73. The molecule has 176 valence electrons. The van der Waals surface area contributed by atoms with E-state index in [0.717, 1.165) is 12.1 Å². The molecule has 8 nitrogen and oxygen atoms in total. The van der Waals surface area contributed by atoms with Gasteiger partial charge in [-0.05, 0) is 36.4 Å². The third-order valence-corrected chi connectivity index (χ3v) is 4.98. The van der Waals surface area contributed by atoms with E-state index in [1.54, 1.807) is 0 Å². The Balaban J connectivity index is 0.000000858. The summed E-state index contributed by atoms with van der Waals surface area (Å²) in [4.78, 5) is -0.932. The number of halogens is 3. The molecule has 31 heavy (non-hydrogen) atoms. The summed E-state index contributed by atoms with van der Waals surface area (Å²) < 4.78 is 72.4. The van der Waals surface area contributed by atoms with Crippen LogP contribution < -0.4 is 14.7 Å². The van der Waals surface area contributed by atoms with Crippen LogP contribution in [0.1, 0.15) is 5.56 Å². The number of ether oxygens (including phenoxy) is 1. The number of aliphatic hydroxyl groups excluding tert-OH is 3. The molecule has 0 spiro atoms. The van der Waals surface area contributed by atoms with Crippen LogP contribution in [0.25, 0.3) is 0 Å². The van der Waals surface area contributed by atoms with Crippen LogP contribution in [0.3, 0.4) is 0 Å². The standard InChI is InChI=1S/C14H11F3O4S.C4H11NO3.H2S/c1-20-10-6-8-11(9-7-10)21-22(18,19)13-5-3-2-4-12(13)14(15,16)17;5-4(1-6,2-7)3-8;/h2-9H,1H3;6-8H,1-3,5H2;1H2. The number of hydrogen-bond acceptors (Lipinski definition) is 8. The second kappa shape index (κ2) is 12.1. The van der Waals surface area contributed by atoms with Crippen molar-refractivity contribution in [2.24, 2.45) is 5.73 Å². The molecular weight excluding hydrogens is 463 g/mol. The molecule has 0 saturated carbocycles. The molecule has 2 aromatic rings. The minimum atomic E-state index is -4.80. The van der Waals surface area contributed by atoms with Gasteiger partial charge >= 0.3 is 16.3 Å². The Morgan fingerprint density at radius 3 is 1.74 bits per heavy atom. The summed E-state index contributed by atoms with van der Waals surface area (Å²) in [7, 11) is -3.18. The van der Waals surface area contributed by atoms with Crippen molar-refractivity contribution >= 4 is 23.6 Å². The largest absolute Gasteiger partial charge is 0.497 e. The summed E-state index contributed by atoms with van der Waals surface area (Å²) in [6.07, 6.45) is -4.80. The molecule has 0 aliphatic heterocycles. The van der Waals surface area contributed by atoms with Crippen molar-refractivity contribution in [3.63, 3.8) is 0 Å². The lowest BCUT2D eigenvalue weighted by molar-refractivity contribution is -0.139. The Labute approximate surface area is 184 Å². The Morgan fingerprint density at radius 2 is 1.35 bits per heavy atom. The Bertz CT molecular complexity index is 895. The fraction of sp³-hybridized carbons (Fsp3) is 0.333. The quantitative estimate of drug-likeness (QED) is 0.428. The molecule has 0 radical (unpaired) electrons. The van der Waals surface area contributed by atoms with E-state index in [2.05, 4.69) is 0 Å². The Morgan fingerprint density at radius 1 is 0.903 bits per heavy atom. The van der Waals surface area contributed by atoms with Gasteiger partial charge in [0.25, 0.3) is 0 Å². The van der Waals surface area contributed by atoms with E-state index in [1.165, 1.54) is 37.4 Å². The van der Waals surface area contributed by atoms with Crippen molar-refractivity contribution in [3.8, 4) is 11.5 Å². The van der Waals surface area contributed by atoms with Gasteiger partial charge in [-0.25, -0.2) is 0 Å². The third kappa shape index (κ3) is 8.55. The number of alkyl halides is 3. The molecule has 0 aromatic heterocycles. The normalized spacial score (nSPS) is 11.6. The summed E-state index contributed by atoms with van der Waals surface area (Å²) in [5, 5.41) is 25.0. The van der Waals surface area contributed by atoms with Crippen LogP contribution in [-0.2, 0) is 16.3 Å². The molecule has 0 fully saturated rings. The predicted molar refractivity (Wildman–Crippen MR) is 111 cm³/mol. The molecule has 2 rings (SSSR count). The second-order valence-corrected chi connectivity index (χ2v) is 7.56. The highest BCUT2D eigenvalue weighted by atomic mass is 32.2. The van der Waals surface area contributed by atoms with E-state index in [0.29, 0.717) is 11.8 Å². The van der Waals surface area contributed by atoms with Crippen LogP contribution in [0.5, 0.6) is 11.5 Å². The Kier molecular flexibility index (Phi) is 11.3. The van der Waals surface area contributed by atoms with E-state index >= 15 is 0 Å². The number of nitrogens with two attached hydrogens (primary N) is 1. The first kappa shape index (κ1) is 29.0. The molecule has 0 amide bonds. The molecule has 0 unspecified atom stereocenters. The van der Waals surface area contributed by atoms with Crippen LogP contribution in [-0.4, -0.2) is 56.2 Å². The van der Waals surface area contributed by atoms with Crippen molar-refractivity contribution in [2.75, 3.05) is 26.9 Å². The lowest BCUT2D eigenvalue weighted by Crippen LogP contribution is -2.50. The zero-order valence-corrected chi connectivity index (χ0v) is 18.2. The zero-order valence-electron chi connectivity index (χ0n) is 16.3. The van der Waals surface area contributed by atoms with Crippen LogP contribution in [0, 0.1) is 0 Å². The second-order valence-electron chi connectivity index (χ2n) is 6.04. The Hall–Kier alpha value is -2.03. The topological polar surface area (TPSA) is 139 Å². The highest BCUT2D eigenvalue weighted by Gasteiger charge is 2.37. The zero-order chi connectivity index (χ0) is 23.0. The maximum Gasteiger partial charge on any atom is 0.417 e. The van der Waals surface area contributed by atoms with E-state index in [4.69, 9.17) is 30.0 Å². The molecular formula is C18H24F3NO7S2. The molecule has 13 heteroatoms. The molecule has 0 aliphatic rings. The summed E-state index contributed by atoms with van der Waals surface area (Å²) in [5.74, 6) is 0.346. The SMILES string of the molecule is COc1ccc(OS(=O)(=O)c2ccccc2C(F)(F)F)cc1.NC(CO)(CO)CO.S. The van der Waals surface area contributed by atoms with Gasteiger partial charge in [0.15, 0.2) is 0 Å². The summed E-state index contributed by atoms with van der Waals surface area (Å²) >= 11 is 0. The van der Waals surface area contributed by atoms with Gasteiger partial charge in [-0.2, -0.15) is 35.1 Å². The van der Waals surface area contributed by atoms with E-state index < -0.39 is 52.1 Å². The first-order chi connectivity index (χ1) is 13.9. The van der Waals surface area contributed by atoms with Crippen molar-refractivity contribution in [2.45, 2.75) is 16.6 Å². The monoisotopic (exact) mass is 487 g/mol. The molecule has 0 atom stereocenters. The number of aliphatic hydroxyl groups is 3. The average molecular weight is 488 g/mol. The van der Waals surface area contributed by atoms with Crippen LogP contribution in [0.2, 0.25) is 0 Å². The third-order valence-electron chi connectivity index (χ3n) is 3.67. The smallest absolute Gasteiger partial charge is 0.417 e. The lowest BCUT2D eigenvalue weighted by Gasteiger charge is -2.20. The number of rotatable bonds is 7. The lowest BCUT2D eigenvalue weighted by atomic mass is 10.1. The minimum absolute atomic E-state index is 0. The van der Waals surface area contributed by atoms with Crippen molar-refractivity contribution in [1.29, 1.82) is 0 Å². The molecule has 2 aromatic carbocycles. The molecule has 0 saturated heterocycles. The highest BCUT2D eigenvalue weighted by molar-refractivity contribution is 7.87. The van der Waals surface area contributed by atoms with Gasteiger partial charge in [0.1, 0.15) is 16.4 Å². The summed E-state index contributed by atoms with van der Waals surface area (Å²) in [6, 6.07) is 9.26. The maximum absolute atomic E-state index is 12.9. The van der Waals surface area contributed by atoms with Gasteiger partial charge < -0.3 is 30.0 Å². The summed E-state index contributed by atoms with van der Waals surface area (Å²) in [5.41, 5.74) is 2.66. The van der Waals surface area contributed by atoms with Crippen molar-refractivity contribution in [3.05, 3.63) is 54.1 Å².